The van der Waals surface area contributed by atoms with Crippen molar-refractivity contribution in [3.05, 3.63) is 32.9 Å². The highest BCUT2D eigenvalue weighted by atomic mass is 127. The van der Waals surface area contributed by atoms with E-state index in [2.05, 4.69) is 60.0 Å². The second-order valence-corrected chi connectivity index (χ2v) is 6.20. The Hall–Kier alpha value is -0.0900. The van der Waals surface area contributed by atoms with Crippen molar-refractivity contribution >= 4 is 22.6 Å². The average Bonchev–Trinajstić information content (AvgIpc) is 2.26. The summed E-state index contributed by atoms with van der Waals surface area (Å²) in [5.41, 5.74) is 2.90. The molecule has 1 aromatic carbocycles. The first-order chi connectivity index (χ1) is 8.22. The highest BCUT2D eigenvalue weighted by molar-refractivity contribution is 14.1. The number of hydrogen-bond acceptors (Lipinski definition) is 1. The largest absolute Gasteiger partial charge is 0.310 e. The lowest BCUT2D eigenvalue weighted by molar-refractivity contribution is 0.262. The van der Waals surface area contributed by atoms with Gasteiger partial charge in [-0.15, -0.1) is 0 Å². The summed E-state index contributed by atoms with van der Waals surface area (Å²) in [5, 5.41) is 3.66. The summed E-state index contributed by atoms with van der Waals surface area (Å²) < 4.78 is 1.44. The zero-order chi connectivity index (χ0) is 12.3. The van der Waals surface area contributed by atoms with Crippen molar-refractivity contribution in [2.45, 2.75) is 45.6 Å². The Labute approximate surface area is 119 Å². The lowest BCUT2D eigenvalue weighted by Gasteiger charge is -2.31. The molecule has 0 bridgehead atoms. The van der Waals surface area contributed by atoms with Gasteiger partial charge < -0.3 is 5.32 Å². The van der Waals surface area contributed by atoms with E-state index in [1.807, 2.05) is 0 Å². The van der Waals surface area contributed by atoms with Gasteiger partial charge in [0.05, 0.1) is 0 Å². The molecule has 1 aliphatic rings. The van der Waals surface area contributed by atoms with Gasteiger partial charge in [-0.2, -0.15) is 0 Å². The Morgan fingerprint density at radius 3 is 2.76 bits per heavy atom. The van der Waals surface area contributed by atoms with Crippen LogP contribution in [0.5, 0.6) is 0 Å². The zero-order valence-corrected chi connectivity index (χ0v) is 13.0. The minimum atomic E-state index is 0.553. The van der Waals surface area contributed by atoms with Gasteiger partial charge in [-0.3, -0.25) is 0 Å². The molecule has 1 aliphatic carbocycles. The molecular formula is C15H22IN. The molecule has 0 aliphatic heterocycles. The van der Waals surface area contributed by atoms with Crippen LogP contribution in [0.4, 0.5) is 0 Å². The van der Waals surface area contributed by atoms with Gasteiger partial charge in [0.15, 0.2) is 0 Å². The number of benzene rings is 1. The Morgan fingerprint density at radius 2 is 2.18 bits per heavy atom. The van der Waals surface area contributed by atoms with Crippen LogP contribution in [0.15, 0.2) is 18.2 Å². The maximum absolute atomic E-state index is 3.66. The van der Waals surface area contributed by atoms with E-state index in [0.717, 1.165) is 12.5 Å². The van der Waals surface area contributed by atoms with Crippen LogP contribution in [0.3, 0.4) is 0 Å². The normalized spacial score (nSPS) is 17.8. The van der Waals surface area contributed by atoms with Crippen LogP contribution in [-0.2, 0) is 0 Å². The summed E-state index contributed by atoms with van der Waals surface area (Å²) in [7, 11) is 0. The van der Waals surface area contributed by atoms with Gasteiger partial charge >= 0.3 is 0 Å². The molecule has 0 saturated heterocycles. The number of hydrogen-bond donors (Lipinski definition) is 1. The predicted octanol–water partition coefficient (Wildman–Crippen LogP) is 4.44. The number of nitrogens with one attached hydrogen (secondary N) is 1. The summed E-state index contributed by atoms with van der Waals surface area (Å²) in [6.45, 7) is 5.47. The molecule has 1 nitrogen and oxygen atoms in total. The quantitative estimate of drug-likeness (QED) is 0.780. The molecule has 1 saturated carbocycles. The van der Waals surface area contributed by atoms with Gasteiger partial charge in [-0.25, -0.2) is 0 Å². The summed E-state index contributed by atoms with van der Waals surface area (Å²) in [5.74, 6) is 0.954. The fraction of sp³-hybridized carbons (Fsp3) is 0.600. The number of rotatable bonds is 5. The van der Waals surface area contributed by atoms with Gasteiger partial charge in [-0.05, 0) is 59.5 Å². The first-order valence-electron chi connectivity index (χ1n) is 6.70. The van der Waals surface area contributed by atoms with Gasteiger partial charge in [0.2, 0.25) is 0 Å². The van der Waals surface area contributed by atoms with Gasteiger partial charge in [0, 0.05) is 9.61 Å². The molecule has 0 aromatic heterocycles. The standard InChI is InChI=1S/C15H22IN/c1-3-17-14(10-12-7-5-8-12)13-9-4-6-11(2)15(13)16/h4,6,9,12,14,17H,3,5,7-8,10H2,1-2H3. The van der Waals surface area contributed by atoms with Crippen LogP contribution in [-0.4, -0.2) is 6.54 Å². The average molecular weight is 343 g/mol. The molecule has 1 unspecified atom stereocenters. The van der Waals surface area contributed by atoms with Crippen LogP contribution >= 0.6 is 22.6 Å². The molecule has 0 spiro atoms. The fourth-order valence-electron chi connectivity index (χ4n) is 2.57. The fourth-order valence-corrected chi connectivity index (χ4v) is 3.30. The molecule has 94 valence electrons. The highest BCUT2D eigenvalue weighted by Gasteiger charge is 2.23. The van der Waals surface area contributed by atoms with Gasteiger partial charge in [-0.1, -0.05) is 44.4 Å². The van der Waals surface area contributed by atoms with Crippen molar-refractivity contribution in [1.29, 1.82) is 0 Å². The molecule has 17 heavy (non-hydrogen) atoms. The summed E-state index contributed by atoms with van der Waals surface area (Å²) in [6, 6.07) is 7.24. The Bertz CT molecular complexity index is 371. The van der Waals surface area contributed by atoms with Crippen LogP contribution in [0.1, 0.15) is 49.8 Å². The lowest BCUT2D eigenvalue weighted by atomic mass is 9.79. The maximum Gasteiger partial charge on any atom is 0.0333 e. The second-order valence-electron chi connectivity index (χ2n) is 5.12. The minimum Gasteiger partial charge on any atom is -0.310 e. The third-order valence-corrected chi connectivity index (χ3v) is 5.31. The van der Waals surface area contributed by atoms with E-state index in [4.69, 9.17) is 0 Å². The Balaban J connectivity index is 2.15. The van der Waals surface area contributed by atoms with Crippen LogP contribution in [0, 0.1) is 16.4 Å². The third-order valence-electron chi connectivity index (χ3n) is 3.84. The van der Waals surface area contributed by atoms with Crippen molar-refractivity contribution < 1.29 is 0 Å². The Morgan fingerprint density at radius 1 is 1.41 bits per heavy atom. The topological polar surface area (TPSA) is 12.0 Å². The van der Waals surface area contributed by atoms with Gasteiger partial charge in [0.1, 0.15) is 0 Å². The lowest BCUT2D eigenvalue weighted by Crippen LogP contribution is -2.26. The molecule has 1 atom stereocenters. The van der Waals surface area contributed by atoms with E-state index in [1.165, 1.54) is 40.4 Å². The third kappa shape index (κ3) is 3.22. The van der Waals surface area contributed by atoms with E-state index in [-0.39, 0.29) is 0 Å². The monoisotopic (exact) mass is 343 g/mol. The summed E-state index contributed by atoms with van der Waals surface area (Å²) >= 11 is 2.50. The zero-order valence-electron chi connectivity index (χ0n) is 10.8. The van der Waals surface area contributed by atoms with E-state index in [1.54, 1.807) is 0 Å². The smallest absolute Gasteiger partial charge is 0.0333 e. The van der Waals surface area contributed by atoms with Crippen LogP contribution < -0.4 is 5.32 Å². The molecule has 1 fully saturated rings. The van der Waals surface area contributed by atoms with E-state index < -0.39 is 0 Å². The summed E-state index contributed by atoms with van der Waals surface area (Å²) in [4.78, 5) is 0. The van der Waals surface area contributed by atoms with Crippen LogP contribution in [0.25, 0.3) is 0 Å². The minimum absolute atomic E-state index is 0.553. The molecule has 1 N–H and O–H groups in total. The molecular weight excluding hydrogens is 321 g/mol. The van der Waals surface area contributed by atoms with E-state index >= 15 is 0 Å². The first-order valence-corrected chi connectivity index (χ1v) is 7.78. The maximum atomic E-state index is 3.66. The molecule has 0 radical (unpaired) electrons. The van der Waals surface area contributed by atoms with Crippen molar-refractivity contribution in [3.8, 4) is 0 Å². The SMILES string of the molecule is CCNC(CC1CCC1)c1cccc(C)c1I. The van der Waals surface area contributed by atoms with Gasteiger partial charge in [0.25, 0.3) is 0 Å². The van der Waals surface area contributed by atoms with E-state index in [0.29, 0.717) is 6.04 Å². The number of halogens is 1. The first kappa shape index (κ1) is 13.3. The molecule has 2 heteroatoms. The highest BCUT2D eigenvalue weighted by Crippen LogP contribution is 2.36. The van der Waals surface area contributed by atoms with E-state index in [9.17, 15) is 0 Å². The Kier molecular flexibility index (Phi) is 4.86. The second kappa shape index (κ2) is 6.19. The number of aryl methyl sites for hydroxylation is 1. The summed E-state index contributed by atoms with van der Waals surface area (Å²) in [6.07, 6.45) is 5.62. The molecule has 1 aromatic rings. The molecule has 0 amide bonds. The molecule has 0 heterocycles. The van der Waals surface area contributed by atoms with Crippen LogP contribution in [0.2, 0.25) is 0 Å². The van der Waals surface area contributed by atoms with Crippen molar-refractivity contribution in [2.24, 2.45) is 5.92 Å². The van der Waals surface area contributed by atoms with Crippen molar-refractivity contribution in [1.82, 2.24) is 5.32 Å². The van der Waals surface area contributed by atoms with Crippen molar-refractivity contribution in [3.63, 3.8) is 0 Å². The molecule has 2 rings (SSSR count). The predicted molar refractivity (Wildman–Crippen MR) is 82.3 cm³/mol. The van der Waals surface area contributed by atoms with Crippen molar-refractivity contribution in [2.75, 3.05) is 6.54 Å².